The van der Waals surface area contributed by atoms with Gasteiger partial charge in [-0.2, -0.15) is 0 Å². The number of ketones is 1. The van der Waals surface area contributed by atoms with Crippen molar-refractivity contribution in [1.29, 1.82) is 0 Å². The quantitative estimate of drug-likeness (QED) is 0.0465. The van der Waals surface area contributed by atoms with Crippen LogP contribution < -0.4 is 19.1 Å². The third-order valence-corrected chi connectivity index (χ3v) is 9.84. The number of aromatic nitrogens is 2. The summed E-state index contributed by atoms with van der Waals surface area (Å²) < 4.78 is 17.9. The molecule has 6 rings (SSSR count). The zero-order valence-corrected chi connectivity index (χ0v) is 28.2. The Morgan fingerprint density at radius 2 is 1.65 bits per heavy atom. The summed E-state index contributed by atoms with van der Waals surface area (Å²) in [5.74, 6) is 0.204. The van der Waals surface area contributed by atoms with Crippen molar-refractivity contribution < 1.29 is 28.9 Å². The number of rotatable bonds is 12. The number of aliphatic hydroxyl groups excluding tert-OH is 1. The van der Waals surface area contributed by atoms with Crippen LogP contribution in [0.4, 0.5) is 5.13 Å². The van der Waals surface area contributed by atoms with Gasteiger partial charge in [-0.05, 0) is 66.9 Å². The summed E-state index contributed by atoms with van der Waals surface area (Å²) in [4.78, 5) is 28.8. The van der Waals surface area contributed by atoms with Crippen LogP contribution in [0.5, 0.6) is 17.2 Å². The molecular weight excluding hydrogens is 647 g/mol. The van der Waals surface area contributed by atoms with Gasteiger partial charge in [-0.15, -0.1) is 10.2 Å². The smallest absolute Gasteiger partial charge is 0.301 e. The summed E-state index contributed by atoms with van der Waals surface area (Å²) in [7, 11) is 1.52. The topological polar surface area (TPSA) is 111 Å². The Hall–Kier alpha value is -5.13. The number of aryl methyl sites for hydroxylation is 1. The standard InChI is InChI=1S/C37H33N3O6S2/c1-4-45-28-17-14-26(15-18-28)33(41)31-32(27-16-19-29(30(20-27)44-3)46-21-24-8-6-5-7-9-24)40(35(43)34(31)42)36-38-39-37(48-36)47-22-25-12-10-23(2)11-13-25/h5-20,32,41H,4,21-22H2,1-3H3/b33-31-. The van der Waals surface area contributed by atoms with Gasteiger partial charge in [0.05, 0.1) is 25.3 Å². The second-order valence-electron chi connectivity index (χ2n) is 10.9. The Kier molecular flexibility index (Phi) is 10.1. The SMILES string of the molecule is CCOc1ccc(/C(O)=C2/C(=O)C(=O)N(c3nnc(SCc4ccc(C)cc4)s3)C2c2ccc(OCc3ccccc3)c(OC)c2)cc1. The molecule has 0 aliphatic carbocycles. The molecule has 1 aliphatic rings. The van der Waals surface area contributed by atoms with Gasteiger partial charge < -0.3 is 19.3 Å². The summed E-state index contributed by atoms with van der Waals surface area (Å²) in [6, 6.07) is 28.8. The molecule has 0 radical (unpaired) electrons. The van der Waals surface area contributed by atoms with Gasteiger partial charge in [-0.3, -0.25) is 14.5 Å². The van der Waals surface area contributed by atoms with Crippen LogP contribution in [-0.4, -0.2) is 40.7 Å². The molecule has 4 aromatic carbocycles. The van der Waals surface area contributed by atoms with Gasteiger partial charge in [-0.25, -0.2) is 0 Å². The number of amides is 1. The molecule has 1 unspecified atom stereocenters. The lowest BCUT2D eigenvalue weighted by Gasteiger charge is -2.23. The highest BCUT2D eigenvalue weighted by atomic mass is 32.2. The van der Waals surface area contributed by atoms with Crippen molar-refractivity contribution in [3.8, 4) is 17.2 Å². The van der Waals surface area contributed by atoms with E-state index in [4.69, 9.17) is 14.2 Å². The summed E-state index contributed by atoms with van der Waals surface area (Å²) >= 11 is 2.70. The first-order valence-corrected chi connectivity index (χ1v) is 17.1. The summed E-state index contributed by atoms with van der Waals surface area (Å²) in [5.41, 5.74) is 4.10. The number of benzene rings is 4. The van der Waals surface area contributed by atoms with Gasteiger partial charge in [0.2, 0.25) is 5.13 Å². The number of hydrogen-bond donors (Lipinski definition) is 1. The number of Topliss-reactive ketones (excluding diaryl/α,β-unsaturated/α-hetero) is 1. The lowest BCUT2D eigenvalue weighted by atomic mass is 9.95. The fourth-order valence-corrected chi connectivity index (χ4v) is 7.10. The molecule has 1 amide bonds. The van der Waals surface area contributed by atoms with Gasteiger partial charge >= 0.3 is 5.91 Å². The lowest BCUT2D eigenvalue weighted by Crippen LogP contribution is -2.29. The predicted octanol–water partition coefficient (Wildman–Crippen LogP) is 7.75. The molecule has 5 aromatic rings. The van der Waals surface area contributed by atoms with Gasteiger partial charge in [0.25, 0.3) is 5.78 Å². The molecular formula is C37H33N3O6S2. The monoisotopic (exact) mass is 679 g/mol. The lowest BCUT2D eigenvalue weighted by molar-refractivity contribution is -0.132. The van der Waals surface area contributed by atoms with E-state index in [9.17, 15) is 14.7 Å². The van der Waals surface area contributed by atoms with E-state index in [0.29, 0.717) is 51.7 Å². The van der Waals surface area contributed by atoms with Crippen LogP contribution in [0.3, 0.4) is 0 Å². The second-order valence-corrected chi connectivity index (χ2v) is 13.1. The molecule has 0 spiro atoms. The average molecular weight is 680 g/mol. The van der Waals surface area contributed by atoms with Crippen molar-refractivity contribution in [2.24, 2.45) is 0 Å². The number of anilines is 1. The van der Waals surface area contributed by atoms with Gasteiger partial charge in [0, 0.05) is 11.3 Å². The van der Waals surface area contributed by atoms with E-state index in [-0.39, 0.29) is 16.5 Å². The normalized spacial score (nSPS) is 15.5. The largest absolute Gasteiger partial charge is 0.507 e. The van der Waals surface area contributed by atoms with E-state index in [1.807, 2.05) is 44.2 Å². The van der Waals surface area contributed by atoms with Crippen LogP contribution in [0.1, 0.15) is 40.8 Å². The van der Waals surface area contributed by atoms with Gasteiger partial charge in [0.1, 0.15) is 18.1 Å². The number of hydrogen-bond acceptors (Lipinski definition) is 10. The first-order valence-electron chi connectivity index (χ1n) is 15.3. The highest BCUT2D eigenvalue weighted by Crippen LogP contribution is 2.45. The van der Waals surface area contributed by atoms with Crippen molar-refractivity contribution in [1.82, 2.24) is 10.2 Å². The Morgan fingerprint density at radius 1 is 0.896 bits per heavy atom. The van der Waals surface area contributed by atoms with Crippen molar-refractivity contribution in [2.75, 3.05) is 18.6 Å². The van der Waals surface area contributed by atoms with Crippen LogP contribution in [-0.2, 0) is 21.9 Å². The molecule has 11 heteroatoms. The number of thioether (sulfide) groups is 1. The minimum atomic E-state index is -1.02. The molecule has 1 saturated heterocycles. The zero-order chi connectivity index (χ0) is 33.6. The average Bonchev–Trinajstić information content (AvgIpc) is 3.69. The summed E-state index contributed by atoms with van der Waals surface area (Å²) in [6.45, 7) is 4.72. The molecule has 0 bridgehead atoms. The second kappa shape index (κ2) is 14.7. The van der Waals surface area contributed by atoms with E-state index in [0.717, 1.165) is 11.1 Å². The maximum atomic E-state index is 13.8. The van der Waals surface area contributed by atoms with Crippen LogP contribution in [0, 0.1) is 6.92 Å². The van der Waals surface area contributed by atoms with Crippen molar-refractivity contribution in [3.63, 3.8) is 0 Å². The van der Waals surface area contributed by atoms with E-state index >= 15 is 0 Å². The van der Waals surface area contributed by atoms with Crippen molar-refractivity contribution in [3.05, 3.63) is 130 Å². The van der Waals surface area contributed by atoms with E-state index in [1.54, 1.807) is 42.5 Å². The molecule has 2 heterocycles. The summed E-state index contributed by atoms with van der Waals surface area (Å²) in [6.07, 6.45) is 0. The Balaban J connectivity index is 1.37. The highest BCUT2D eigenvalue weighted by Gasteiger charge is 2.48. The molecule has 0 saturated carbocycles. The van der Waals surface area contributed by atoms with Crippen LogP contribution >= 0.6 is 23.1 Å². The molecule has 1 aromatic heterocycles. The van der Waals surface area contributed by atoms with Crippen LogP contribution in [0.15, 0.2) is 107 Å². The molecule has 1 atom stereocenters. The van der Waals surface area contributed by atoms with Crippen molar-refractivity contribution >= 4 is 45.7 Å². The number of nitrogens with zero attached hydrogens (tertiary/aromatic N) is 3. The van der Waals surface area contributed by atoms with E-state index < -0.39 is 17.7 Å². The van der Waals surface area contributed by atoms with Crippen LogP contribution in [0.2, 0.25) is 0 Å². The Bertz CT molecular complexity index is 1940. The first-order chi connectivity index (χ1) is 23.4. The van der Waals surface area contributed by atoms with Crippen LogP contribution in [0.25, 0.3) is 5.76 Å². The van der Waals surface area contributed by atoms with Gasteiger partial charge in [0.15, 0.2) is 15.8 Å². The minimum Gasteiger partial charge on any atom is -0.507 e. The van der Waals surface area contributed by atoms with E-state index in [2.05, 4.69) is 34.5 Å². The number of aliphatic hydroxyl groups is 1. The van der Waals surface area contributed by atoms with E-state index in [1.165, 1.54) is 40.7 Å². The number of carbonyl (C=O) groups excluding carboxylic acids is 2. The molecule has 244 valence electrons. The number of methoxy groups -OCH3 is 1. The minimum absolute atomic E-state index is 0.0757. The first kappa shape index (κ1) is 32.8. The Labute approximate surface area is 286 Å². The fraction of sp³-hybridized carbons (Fsp3) is 0.189. The third-order valence-electron chi connectivity index (χ3n) is 7.71. The zero-order valence-electron chi connectivity index (χ0n) is 26.6. The maximum Gasteiger partial charge on any atom is 0.301 e. The predicted molar refractivity (Wildman–Crippen MR) is 187 cm³/mol. The molecule has 1 aliphatic heterocycles. The maximum absolute atomic E-state index is 13.8. The molecule has 48 heavy (non-hydrogen) atoms. The third kappa shape index (κ3) is 7.07. The molecule has 1 N–H and O–H groups in total. The number of ether oxygens (including phenoxy) is 3. The molecule has 1 fully saturated rings. The summed E-state index contributed by atoms with van der Waals surface area (Å²) in [5, 5.41) is 20.5. The van der Waals surface area contributed by atoms with Crippen molar-refractivity contribution in [2.45, 2.75) is 36.6 Å². The van der Waals surface area contributed by atoms with Gasteiger partial charge in [-0.1, -0.05) is 89.3 Å². The number of carbonyl (C=O) groups is 2. The fourth-order valence-electron chi connectivity index (χ4n) is 5.27. The molecule has 9 nitrogen and oxygen atoms in total. The Morgan fingerprint density at radius 3 is 2.35 bits per heavy atom. The highest BCUT2D eigenvalue weighted by molar-refractivity contribution is 8.00.